The van der Waals surface area contributed by atoms with E-state index in [0.29, 0.717) is 0 Å². The van der Waals surface area contributed by atoms with Crippen LogP contribution in [0.4, 0.5) is 0 Å². The zero-order chi connectivity index (χ0) is 10.8. The van der Waals surface area contributed by atoms with E-state index < -0.39 is 0 Å². The second kappa shape index (κ2) is 9.04. The monoisotopic (exact) mass is 199 g/mol. The summed E-state index contributed by atoms with van der Waals surface area (Å²) >= 11 is 0. The molecule has 0 spiro atoms. The quantitative estimate of drug-likeness (QED) is 0.598. The van der Waals surface area contributed by atoms with Gasteiger partial charge in [-0.2, -0.15) is 0 Å². The lowest BCUT2D eigenvalue weighted by Crippen LogP contribution is -2.21. The predicted molar refractivity (Wildman–Crippen MR) is 61.2 cm³/mol. The summed E-state index contributed by atoms with van der Waals surface area (Å²) in [6.45, 7) is 6.93. The van der Waals surface area contributed by atoms with Crippen molar-refractivity contribution < 1.29 is 4.79 Å². The fourth-order valence-corrected chi connectivity index (χ4v) is 1.70. The first kappa shape index (κ1) is 13.5. The zero-order valence-electron chi connectivity index (χ0n) is 9.94. The van der Waals surface area contributed by atoms with Gasteiger partial charge in [0, 0.05) is 13.5 Å². The molecule has 0 aliphatic carbocycles. The van der Waals surface area contributed by atoms with Gasteiger partial charge in [0.25, 0.3) is 0 Å². The topological polar surface area (TPSA) is 29.1 Å². The highest BCUT2D eigenvalue weighted by Crippen LogP contribution is 2.17. The van der Waals surface area contributed by atoms with Crippen LogP contribution in [0.3, 0.4) is 0 Å². The number of hydrogen-bond acceptors (Lipinski definition) is 1. The maximum absolute atomic E-state index is 10.6. The largest absolute Gasteiger partial charge is 0.356 e. The Bertz CT molecular complexity index is 145. The molecule has 0 heterocycles. The Labute approximate surface area is 88.5 Å². The van der Waals surface area contributed by atoms with Crippen LogP contribution in [0.5, 0.6) is 0 Å². The van der Waals surface area contributed by atoms with Gasteiger partial charge in [-0.3, -0.25) is 4.79 Å². The normalized spacial score (nSPS) is 12.5. The lowest BCUT2D eigenvalue weighted by atomic mass is 9.94. The minimum atomic E-state index is 0.0895. The number of unbranched alkanes of at least 4 members (excludes halogenated alkanes) is 1. The van der Waals surface area contributed by atoms with Crippen LogP contribution in [0.15, 0.2) is 0 Å². The van der Waals surface area contributed by atoms with Crippen LogP contribution in [0.2, 0.25) is 0 Å². The van der Waals surface area contributed by atoms with Gasteiger partial charge in [-0.25, -0.2) is 0 Å². The van der Waals surface area contributed by atoms with Gasteiger partial charge in [0.2, 0.25) is 5.91 Å². The van der Waals surface area contributed by atoms with Crippen LogP contribution in [-0.2, 0) is 4.79 Å². The Kier molecular flexibility index (Phi) is 8.70. The van der Waals surface area contributed by atoms with Crippen LogP contribution in [0, 0.1) is 5.92 Å². The molecule has 2 nitrogen and oxygen atoms in total. The molecular formula is C12H25NO. The molecular weight excluding hydrogens is 174 g/mol. The molecule has 14 heavy (non-hydrogen) atoms. The first-order valence-corrected chi connectivity index (χ1v) is 5.95. The molecule has 0 radical (unpaired) electrons. The molecule has 1 N–H and O–H groups in total. The summed E-state index contributed by atoms with van der Waals surface area (Å²) in [6.07, 6.45) is 7.66. The second-order valence-electron chi connectivity index (χ2n) is 4.04. The molecule has 0 aromatic carbocycles. The highest BCUT2D eigenvalue weighted by molar-refractivity contribution is 5.72. The van der Waals surface area contributed by atoms with Crippen molar-refractivity contribution >= 4 is 5.91 Å². The molecule has 0 bridgehead atoms. The molecule has 0 aliphatic rings. The van der Waals surface area contributed by atoms with Crippen molar-refractivity contribution in [1.82, 2.24) is 5.32 Å². The number of carbonyl (C=O) groups is 1. The van der Waals surface area contributed by atoms with Crippen molar-refractivity contribution in [3.63, 3.8) is 0 Å². The predicted octanol–water partition coefficient (Wildman–Crippen LogP) is 3.12. The van der Waals surface area contributed by atoms with E-state index in [1.165, 1.54) is 32.1 Å². The van der Waals surface area contributed by atoms with E-state index in [9.17, 15) is 4.79 Å². The van der Waals surface area contributed by atoms with E-state index in [-0.39, 0.29) is 5.91 Å². The number of rotatable bonds is 8. The van der Waals surface area contributed by atoms with Crippen molar-refractivity contribution in [2.24, 2.45) is 5.92 Å². The minimum Gasteiger partial charge on any atom is -0.356 e. The standard InChI is InChI=1S/C12H25NO/c1-4-6-8-12(5-2)9-7-10-13-11(3)14/h12H,4-10H2,1-3H3,(H,13,14). The molecule has 0 rings (SSSR count). The summed E-state index contributed by atoms with van der Waals surface area (Å²) in [5.41, 5.74) is 0. The first-order valence-electron chi connectivity index (χ1n) is 5.95. The molecule has 1 atom stereocenters. The van der Waals surface area contributed by atoms with Crippen LogP contribution in [0.1, 0.15) is 59.3 Å². The fourth-order valence-electron chi connectivity index (χ4n) is 1.70. The Morgan fingerprint density at radius 3 is 2.36 bits per heavy atom. The van der Waals surface area contributed by atoms with Crippen molar-refractivity contribution in [3.8, 4) is 0 Å². The summed E-state index contributed by atoms with van der Waals surface area (Å²) in [5, 5.41) is 2.84. The van der Waals surface area contributed by atoms with E-state index >= 15 is 0 Å². The minimum absolute atomic E-state index is 0.0895. The van der Waals surface area contributed by atoms with E-state index in [2.05, 4.69) is 19.2 Å². The molecule has 84 valence electrons. The van der Waals surface area contributed by atoms with E-state index in [0.717, 1.165) is 18.9 Å². The zero-order valence-corrected chi connectivity index (χ0v) is 9.94. The van der Waals surface area contributed by atoms with Crippen LogP contribution < -0.4 is 5.32 Å². The summed E-state index contributed by atoms with van der Waals surface area (Å²) in [6, 6.07) is 0. The maximum Gasteiger partial charge on any atom is 0.216 e. The number of hydrogen-bond donors (Lipinski definition) is 1. The van der Waals surface area contributed by atoms with E-state index in [1.54, 1.807) is 6.92 Å². The van der Waals surface area contributed by atoms with Gasteiger partial charge in [0.1, 0.15) is 0 Å². The first-order chi connectivity index (χ1) is 6.70. The Morgan fingerprint density at radius 2 is 1.86 bits per heavy atom. The summed E-state index contributed by atoms with van der Waals surface area (Å²) in [4.78, 5) is 10.6. The molecule has 1 unspecified atom stereocenters. The third kappa shape index (κ3) is 8.09. The molecule has 2 heteroatoms. The maximum atomic E-state index is 10.6. The van der Waals surface area contributed by atoms with Gasteiger partial charge < -0.3 is 5.32 Å². The van der Waals surface area contributed by atoms with Gasteiger partial charge in [0.15, 0.2) is 0 Å². The average Bonchev–Trinajstić information content (AvgIpc) is 2.16. The molecule has 0 aliphatic heterocycles. The third-order valence-electron chi connectivity index (χ3n) is 2.71. The van der Waals surface area contributed by atoms with Crippen LogP contribution in [0.25, 0.3) is 0 Å². The number of carbonyl (C=O) groups excluding carboxylic acids is 1. The highest BCUT2D eigenvalue weighted by Gasteiger charge is 2.04. The van der Waals surface area contributed by atoms with E-state index in [4.69, 9.17) is 0 Å². The van der Waals surface area contributed by atoms with Crippen molar-refractivity contribution in [3.05, 3.63) is 0 Å². The van der Waals surface area contributed by atoms with Gasteiger partial charge in [-0.1, -0.05) is 39.5 Å². The van der Waals surface area contributed by atoms with Gasteiger partial charge in [-0.15, -0.1) is 0 Å². The highest BCUT2D eigenvalue weighted by atomic mass is 16.1. The van der Waals surface area contributed by atoms with E-state index in [1.807, 2.05) is 0 Å². The SMILES string of the molecule is CCCCC(CC)CCCNC(C)=O. The average molecular weight is 199 g/mol. The Hall–Kier alpha value is -0.530. The van der Waals surface area contributed by atoms with Crippen molar-refractivity contribution in [1.29, 1.82) is 0 Å². The molecule has 1 amide bonds. The van der Waals surface area contributed by atoms with Crippen LogP contribution in [-0.4, -0.2) is 12.5 Å². The molecule has 0 saturated carbocycles. The summed E-state index contributed by atoms with van der Waals surface area (Å²) in [7, 11) is 0. The Balaban J connectivity index is 3.37. The number of nitrogens with one attached hydrogen (secondary N) is 1. The van der Waals surface area contributed by atoms with Gasteiger partial charge >= 0.3 is 0 Å². The van der Waals surface area contributed by atoms with Crippen LogP contribution >= 0.6 is 0 Å². The smallest absolute Gasteiger partial charge is 0.216 e. The lowest BCUT2D eigenvalue weighted by Gasteiger charge is -2.13. The molecule has 0 saturated heterocycles. The molecule has 0 fully saturated rings. The molecule has 0 aromatic heterocycles. The Morgan fingerprint density at radius 1 is 1.21 bits per heavy atom. The summed E-state index contributed by atoms with van der Waals surface area (Å²) < 4.78 is 0. The van der Waals surface area contributed by atoms with Gasteiger partial charge in [-0.05, 0) is 18.8 Å². The number of amides is 1. The van der Waals surface area contributed by atoms with Gasteiger partial charge in [0.05, 0.1) is 0 Å². The van der Waals surface area contributed by atoms with Crippen molar-refractivity contribution in [2.75, 3.05) is 6.54 Å². The second-order valence-corrected chi connectivity index (χ2v) is 4.04. The van der Waals surface area contributed by atoms with Crippen molar-refractivity contribution in [2.45, 2.75) is 59.3 Å². The summed E-state index contributed by atoms with van der Waals surface area (Å²) in [5.74, 6) is 0.954. The fraction of sp³-hybridized carbons (Fsp3) is 0.917. The lowest BCUT2D eigenvalue weighted by molar-refractivity contribution is -0.118. The third-order valence-corrected chi connectivity index (χ3v) is 2.71. The molecule has 0 aromatic rings.